The predicted octanol–water partition coefficient (Wildman–Crippen LogP) is 2.40. The van der Waals surface area contributed by atoms with E-state index in [1.165, 1.54) is 0 Å². The molecule has 0 aliphatic carbocycles. The lowest BCUT2D eigenvalue weighted by molar-refractivity contribution is -0.133. The fourth-order valence-corrected chi connectivity index (χ4v) is 2.61. The average molecular weight is 333 g/mol. The lowest BCUT2D eigenvalue weighted by Crippen LogP contribution is -2.41. The summed E-state index contributed by atoms with van der Waals surface area (Å²) in [6.07, 6.45) is 0.864. The summed E-state index contributed by atoms with van der Waals surface area (Å²) in [6, 6.07) is 7.35. The zero-order chi connectivity index (χ0) is 18.3. The van der Waals surface area contributed by atoms with Gasteiger partial charge in [0.15, 0.2) is 0 Å². The maximum Gasteiger partial charge on any atom is 0.251 e. The van der Waals surface area contributed by atoms with E-state index in [0.29, 0.717) is 24.6 Å². The molecular formula is C19H31N3O2. The Labute approximate surface area is 145 Å². The largest absolute Gasteiger partial charge is 0.348 e. The Balaban J connectivity index is 2.66. The second-order valence-electron chi connectivity index (χ2n) is 7.08. The van der Waals surface area contributed by atoms with Crippen LogP contribution < -0.4 is 11.1 Å². The van der Waals surface area contributed by atoms with Crippen molar-refractivity contribution in [2.24, 2.45) is 17.6 Å². The number of carbonyl (C=O) groups excluding carboxylic acids is 2. The van der Waals surface area contributed by atoms with Crippen LogP contribution in [0.3, 0.4) is 0 Å². The molecule has 0 radical (unpaired) electrons. The van der Waals surface area contributed by atoms with Crippen LogP contribution in [0.25, 0.3) is 0 Å². The van der Waals surface area contributed by atoms with E-state index in [4.69, 9.17) is 5.73 Å². The molecule has 3 N–H and O–H groups in total. The molecule has 1 unspecified atom stereocenters. The fraction of sp³-hybridized carbons (Fsp3) is 0.579. The lowest BCUT2D eigenvalue weighted by Gasteiger charge is -2.20. The molecule has 24 heavy (non-hydrogen) atoms. The first-order valence-corrected chi connectivity index (χ1v) is 8.59. The maximum atomic E-state index is 12.3. The van der Waals surface area contributed by atoms with E-state index < -0.39 is 0 Å². The van der Waals surface area contributed by atoms with Crippen LogP contribution in [0.15, 0.2) is 24.3 Å². The average Bonchev–Trinajstić information content (AvgIpc) is 2.53. The van der Waals surface area contributed by atoms with Crippen molar-refractivity contribution in [1.29, 1.82) is 0 Å². The van der Waals surface area contributed by atoms with Gasteiger partial charge in [-0.15, -0.1) is 0 Å². The van der Waals surface area contributed by atoms with Crippen LogP contribution in [0.1, 0.15) is 50.0 Å². The van der Waals surface area contributed by atoms with E-state index in [0.717, 1.165) is 12.0 Å². The molecule has 0 bridgehead atoms. The van der Waals surface area contributed by atoms with Crippen LogP contribution >= 0.6 is 0 Å². The Morgan fingerprint density at radius 1 is 1.12 bits per heavy atom. The molecule has 5 heteroatoms. The molecule has 0 aromatic heterocycles. The number of carbonyl (C=O) groups is 2. The van der Waals surface area contributed by atoms with Crippen molar-refractivity contribution in [3.05, 3.63) is 35.4 Å². The number of nitrogens with two attached hydrogens (primary N) is 1. The highest BCUT2D eigenvalue weighted by Gasteiger charge is 2.15. The zero-order valence-electron chi connectivity index (χ0n) is 15.5. The van der Waals surface area contributed by atoms with Gasteiger partial charge >= 0.3 is 0 Å². The van der Waals surface area contributed by atoms with Gasteiger partial charge in [-0.3, -0.25) is 9.59 Å². The van der Waals surface area contributed by atoms with E-state index in [9.17, 15) is 9.59 Å². The third kappa shape index (κ3) is 6.32. The first-order valence-electron chi connectivity index (χ1n) is 8.59. The summed E-state index contributed by atoms with van der Waals surface area (Å²) in [7, 11) is 1.79. The minimum absolute atomic E-state index is 0.00743. The summed E-state index contributed by atoms with van der Waals surface area (Å²) in [6.45, 7) is 8.97. The second-order valence-corrected chi connectivity index (χ2v) is 7.08. The van der Waals surface area contributed by atoms with Crippen molar-refractivity contribution in [2.45, 2.75) is 46.7 Å². The summed E-state index contributed by atoms with van der Waals surface area (Å²) >= 11 is 0. The van der Waals surface area contributed by atoms with Crippen LogP contribution in [0.2, 0.25) is 0 Å². The minimum atomic E-state index is -0.107. The zero-order valence-corrected chi connectivity index (χ0v) is 15.5. The van der Waals surface area contributed by atoms with Gasteiger partial charge in [0.05, 0.1) is 0 Å². The Morgan fingerprint density at radius 2 is 1.71 bits per heavy atom. The summed E-state index contributed by atoms with van der Waals surface area (Å²) in [5, 5.41) is 2.98. The van der Waals surface area contributed by atoms with Gasteiger partial charge in [-0.25, -0.2) is 0 Å². The summed E-state index contributed by atoms with van der Waals surface area (Å²) in [5.41, 5.74) is 7.34. The number of benzene rings is 1. The first kappa shape index (κ1) is 20.2. The van der Waals surface area contributed by atoms with Crippen LogP contribution in [0, 0.1) is 11.8 Å². The Bertz CT molecular complexity index is 538. The molecule has 0 spiro atoms. The van der Waals surface area contributed by atoms with Crippen LogP contribution in [0.5, 0.6) is 0 Å². The molecule has 0 aliphatic rings. The molecule has 1 aromatic rings. The number of amides is 2. The number of nitrogens with zero attached hydrogens (tertiary/aromatic N) is 1. The van der Waals surface area contributed by atoms with Crippen molar-refractivity contribution in [3.8, 4) is 0 Å². The molecule has 0 saturated carbocycles. The number of nitrogens with one attached hydrogen (secondary N) is 1. The standard InChI is InChI=1S/C19H31N3O2/c1-13(2)10-17(11-20)21-18(23)16-8-6-15(7-9-16)12-22(5)19(24)14(3)4/h6-9,13-14,17H,10-12,20H2,1-5H3,(H,21,23). The molecule has 1 aromatic carbocycles. The minimum Gasteiger partial charge on any atom is -0.348 e. The normalized spacial score (nSPS) is 12.3. The smallest absolute Gasteiger partial charge is 0.251 e. The van der Waals surface area contributed by atoms with E-state index in [1.807, 2.05) is 26.0 Å². The summed E-state index contributed by atoms with van der Waals surface area (Å²) in [4.78, 5) is 25.9. The topological polar surface area (TPSA) is 75.4 Å². The van der Waals surface area contributed by atoms with Gasteiger partial charge in [0.1, 0.15) is 0 Å². The van der Waals surface area contributed by atoms with Gasteiger partial charge in [-0.1, -0.05) is 39.8 Å². The van der Waals surface area contributed by atoms with E-state index in [2.05, 4.69) is 19.2 Å². The molecule has 0 heterocycles. The molecule has 5 nitrogen and oxygen atoms in total. The van der Waals surface area contributed by atoms with Crippen LogP contribution in [-0.2, 0) is 11.3 Å². The molecule has 134 valence electrons. The highest BCUT2D eigenvalue weighted by atomic mass is 16.2. The third-order valence-corrected chi connectivity index (χ3v) is 3.88. The van der Waals surface area contributed by atoms with Gasteiger partial charge in [0, 0.05) is 37.7 Å². The summed E-state index contributed by atoms with van der Waals surface area (Å²) < 4.78 is 0. The molecule has 0 saturated heterocycles. The third-order valence-electron chi connectivity index (χ3n) is 3.88. The van der Waals surface area contributed by atoms with Crippen molar-refractivity contribution in [1.82, 2.24) is 10.2 Å². The van der Waals surface area contributed by atoms with Gasteiger partial charge in [0.2, 0.25) is 5.91 Å². The quantitative estimate of drug-likeness (QED) is 0.767. The van der Waals surface area contributed by atoms with Gasteiger partial charge in [0.25, 0.3) is 5.91 Å². The number of hydrogen-bond acceptors (Lipinski definition) is 3. The lowest BCUT2D eigenvalue weighted by atomic mass is 10.0. The molecule has 1 atom stereocenters. The first-order chi connectivity index (χ1) is 11.2. The summed E-state index contributed by atoms with van der Waals surface area (Å²) in [5.74, 6) is 0.463. The monoisotopic (exact) mass is 333 g/mol. The van der Waals surface area contributed by atoms with Crippen LogP contribution in [-0.4, -0.2) is 36.3 Å². The highest BCUT2D eigenvalue weighted by Crippen LogP contribution is 2.10. The highest BCUT2D eigenvalue weighted by molar-refractivity contribution is 5.94. The van der Waals surface area contributed by atoms with Crippen molar-refractivity contribution < 1.29 is 9.59 Å². The van der Waals surface area contributed by atoms with Gasteiger partial charge < -0.3 is 16.0 Å². The Kier molecular flexibility index (Phi) is 7.92. The molecular weight excluding hydrogens is 302 g/mol. The second kappa shape index (κ2) is 9.42. The van der Waals surface area contributed by atoms with Gasteiger partial charge in [-0.2, -0.15) is 0 Å². The number of rotatable bonds is 8. The molecule has 2 amide bonds. The van der Waals surface area contributed by atoms with E-state index >= 15 is 0 Å². The predicted molar refractivity (Wildman–Crippen MR) is 97.5 cm³/mol. The van der Waals surface area contributed by atoms with E-state index in [1.54, 1.807) is 24.1 Å². The van der Waals surface area contributed by atoms with Crippen LogP contribution in [0.4, 0.5) is 0 Å². The van der Waals surface area contributed by atoms with E-state index in [-0.39, 0.29) is 23.8 Å². The molecule has 1 rings (SSSR count). The number of hydrogen-bond donors (Lipinski definition) is 2. The molecule has 0 fully saturated rings. The Hall–Kier alpha value is -1.88. The van der Waals surface area contributed by atoms with Crippen molar-refractivity contribution in [2.75, 3.05) is 13.6 Å². The fourth-order valence-electron chi connectivity index (χ4n) is 2.61. The Morgan fingerprint density at radius 3 is 2.17 bits per heavy atom. The maximum absolute atomic E-state index is 12.3. The van der Waals surface area contributed by atoms with Crippen molar-refractivity contribution >= 4 is 11.8 Å². The molecule has 0 aliphatic heterocycles. The van der Waals surface area contributed by atoms with Crippen molar-refractivity contribution in [3.63, 3.8) is 0 Å². The van der Waals surface area contributed by atoms with Gasteiger partial charge in [-0.05, 0) is 30.0 Å². The SMILES string of the molecule is CC(C)CC(CN)NC(=O)c1ccc(CN(C)C(=O)C(C)C)cc1.